The minimum Gasteiger partial charge on any atom is -0.434 e. The van der Waals surface area contributed by atoms with E-state index in [4.69, 9.17) is 4.74 Å². The molecular formula is C21H22FN3O6. The highest BCUT2D eigenvalue weighted by atomic mass is 19.1. The van der Waals surface area contributed by atoms with E-state index >= 15 is 0 Å². The number of cyclic esters (lactones) is 1. The van der Waals surface area contributed by atoms with Crippen LogP contribution in [0.25, 0.3) is 0 Å². The fourth-order valence-electron chi connectivity index (χ4n) is 3.33. The summed E-state index contributed by atoms with van der Waals surface area (Å²) in [7, 11) is 0. The Balaban J connectivity index is 1.73. The highest BCUT2D eigenvalue weighted by Crippen LogP contribution is 2.28. The maximum absolute atomic E-state index is 14.2. The van der Waals surface area contributed by atoms with Crippen molar-refractivity contribution in [3.05, 3.63) is 70.0 Å². The number of nitro groups is 1. The molecule has 164 valence electrons. The molecule has 0 bridgehead atoms. The Morgan fingerprint density at radius 3 is 2.71 bits per heavy atom. The van der Waals surface area contributed by atoms with E-state index in [9.17, 15) is 29.2 Å². The predicted octanol–water partition coefficient (Wildman–Crippen LogP) is 2.56. The summed E-state index contributed by atoms with van der Waals surface area (Å²) < 4.78 is 19.3. The van der Waals surface area contributed by atoms with Crippen LogP contribution in [0.2, 0.25) is 0 Å². The van der Waals surface area contributed by atoms with E-state index < -0.39 is 46.7 Å². The van der Waals surface area contributed by atoms with Crippen LogP contribution in [-0.4, -0.2) is 46.8 Å². The van der Waals surface area contributed by atoms with Gasteiger partial charge in [-0.15, -0.1) is 0 Å². The monoisotopic (exact) mass is 431 g/mol. The Morgan fingerprint density at radius 1 is 1.35 bits per heavy atom. The summed E-state index contributed by atoms with van der Waals surface area (Å²) in [6.07, 6.45) is -2.31. The zero-order chi connectivity index (χ0) is 22.5. The number of aliphatic hydroxyl groups excluding tert-OH is 1. The molecule has 31 heavy (non-hydrogen) atoms. The van der Waals surface area contributed by atoms with Crippen molar-refractivity contribution in [1.29, 1.82) is 0 Å². The van der Waals surface area contributed by atoms with Gasteiger partial charge in [0, 0.05) is 12.1 Å². The molecule has 2 unspecified atom stereocenters. The summed E-state index contributed by atoms with van der Waals surface area (Å²) in [5.41, 5.74) is 0.166. The molecule has 1 heterocycles. The Morgan fingerprint density at radius 2 is 2.06 bits per heavy atom. The Hall–Kier alpha value is -3.53. The van der Waals surface area contributed by atoms with Gasteiger partial charge in [-0.05, 0) is 24.5 Å². The van der Waals surface area contributed by atoms with Gasteiger partial charge in [-0.1, -0.05) is 37.3 Å². The van der Waals surface area contributed by atoms with Gasteiger partial charge in [0.25, 0.3) is 11.6 Å². The van der Waals surface area contributed by atoms with Gasteiger partial charge in [-0.2, -0.15) is 0 Å². The number of rotatable bonds is 8. The largest absolute Gasteiger partial charge is 0.434 e. The number of non-ortho nitro benzene ring substituents is 1. The first kappa shape index (κ1) is 22.2. The van der Waals surface area contributed by atoms with Crippen molar-refractivity contribution in [2.75, 3.05) is 11.4 Å². The second-order valence-electron chi connectivity index (χ2n) is 7.16. The number of carbonyl (C=O) groups is 2. The number of hydrogen-bond acceptors (Lipinski definition) is 6. The molecule has 9 nitrogen and oxygen atoms in total. The first-order chi connectivity index (χ1) is 14.8. The number of amides is 2. The number of nitrogens with zero attached hydrogens (tertiary/aromatic N) is 2. The van der Waals surface area contributed by atoms with Gasteiger partial charge in [-0.3, -0.25) is 19.8 Å². The number of anilines is 1. The summed E-state index contributed by atoms with van der Waals surface area (Å²) in [5.74, 6) is -1.50. The number of benzene rings is 2. The number of aliphatic hydroxyl groups is 1. The van der Waals surface area contributed by atoms with Crippen molar-refractivity contribution < 1.29 is 28.7 Å². The van der Waals surface area contributed by atoms with Gasteiger partial charge in [0.2, 0.25) is 0 Å². The van der Waals surface area contributed by atoms with E-state index in [0.29, 0.717) is 12.8 Å². The van der Waals surface area contributed by atoms with Gasteiger partial charge in [0.15, 0.2) is 6.10 Å². The molecule has 10 heteroatoms. The molecule has 0 saturated carbocycles. The van der Waals surface area contributed by atoms with Crippen LogP contribution in [0.3, 0.4) is 0 Å². The number of ether oxygens (including phenoxy) is 1. The molecule has 1 aliphatic heterocycles. The lowest BCUT2D eigenvalue weighted by atomic mass is 9.99. The maximum atomic E-state index is 14.2. The van der Waals surface area contributed by atoms with E-state index in [1.165, 1.54) is 0 Å². The minimum atomic E-state index is -1.26. The fourth-order valence-corrected chi connectivity index (χ4v) is 3.33. The third-order valence-corrected chi connectivity index (χ3v) is 5.04. The summed E-state index contributed by atoms with van der Waals surface area (Å²) in [5, 5.41) is 24.0. The molecule has 0 aromatic heterocycles. The number of halogens is 1. The summed E-state index contributed by atoms with van der Waals surface area (Å²) in [6.45, 7) is 1.46. The van der Waals surface area contributed by atoms with Gasteiger partial charge in [-0.25, -0.2) is 9.18 Å². The van der Waals surface area contributed by atoms with E-state index in [1.807, 2.05) is 30.3 Å². The zero-order valence-electron chi connectivity index (χ0n) is 16.7. The van der Waals surface area contributed by atoms with Crippen molar-refractivity contribution in [1.82, 2.24) is 5.32 Å². The minimum absolute atomic E-state index is 0.316. The lowest BCUT2D eigenvalue weighted by Crippen LogP contribution is -2.49. The molecule has 0 spiro atoms. The lowest BCUT2D eigenvalue weighted by Gasteiger charge is -2.24. The fraction of sp³-hybridized carbons (Fsp3) is 0.333. The molecular weight excluding hydrogens is 409 g/mol. The molecule has 2 amide bonds. The smallest absolute Gasteiger partial charge is 0.415 e. The summed E-state index contributed by atoms with van der Waals surface area (Å²) >= 11 is 0. The van der Waals surface area contributed by atoms with E-state index in [0.717, 1.165) is 28.7 Å². The predicted molar refractivity (Wildman–Crippen MR) is 109 cm³/mol. The molecule has 2 aromatic rings. The van der Waals surface area contributed by atoms with Crippen molar-refractivity contribution in [2.24, 2.45) is 0 Å². The van der Waals surface area contributed by atoms with Gasteiger partial charge < -0.3 is 15.2 Å². The standard InChI is InChI=1S/C21H22FN3O6/c1-2-18(26)16(10-13-6-4-3-5-7-13)23-20(27)19-12-24(21(28)31-19)17-11-14(25(29)30)8-9-15(17)22/h3-9,11,16,18-19,26H,2,10,12H2,1H3,(H,23,27)/t16?,18-,19?/m1/s1. The van der Waals surface area contributed by atoms with E-state index in [2.05, 4.69) is 5.32 Å². The molecule has 1 fully saturated rings. The second-order valence-corrected chi connectivity index (χ2v) is 7.16. The topological polar surface area (TPSA) is 122 Å². The average molecular weight is 431 g/mol. The second kappa shape index (κ2) is 9.52. The van der Waals surface area contributed by atoms with Crippen LogP contribution in [0.5, 0.6) is 0 Å². The molecule has 1 saturated heterocycles. The van der Waals surface area contributed by atoms with Gasteiger partial charge >= 0.3 is 6.09 Å². The quantitative estimate of drug-likeness (QED) is 0.489. The van der Waals surface area contributed by atoms with Crippen molar-refractivity contribution in [3.63, 3.8) is 0 Å². The number of nitrogens with one attached hydrogen (secondary N) is 1. The molecule has 0 aliphatic carbocycles. The Kier molecular flexibility index (Phi) is 6.81. The first-order valence-corrected chi connectivity index (χ1v) is 9.74. The van der Waals surface area contributed by atoms with Crippen LogP contribution in [0.4, 0.5) is 20.6 Å². The van der Waals surface area contributed by atoms with E-state index in [1.54, 1.807) is 6.92 Å². The Bertz CT molecular complexity index is 971. The van der Waals surface area contributed by atoms with Crippen molar-refractivity contribution in [3.8, 4) is 0 Å². The first-order valence-electron chi connectivity index (χ1n) is 9.74. The molecule has 2 N–H and O–H groups in total. The third-order valence-electron chi connectivity index (χ3n) is 5.04. The maximum Gasteiger partial charge on any atom is 0.415 e. The summed E-state index contributed by atoms with van der Waals surface area (Å²) in [6, 6.07) is 11.4. The molecule has 3 rings (SSSR count). The van der Waals surface area contributed by atoms with Crippen LogP contribution < -0.4 is 10.2 Å². The van der Waals surface area contributed by atoms with Crippen LogP contribution in [0, 0.1) is 15.9 Å². The van der Waals surface area contributed by atoms with Gasteiger partial charge in [0.05, 0.1) is 29.3 Å². The van der Waals surface area contributed by atoms with Crippen LogP contribution >= 0.6 is 0 Å². The highest BCUT2D eigenvalue weighted by Gasteiger charge is 2.39. The molecule has 3 atom stereocenters. The Labute approximate surface area is 177 Å². The average Bonchev–Trinajstić information content (AvgIpc) is 3.15. The van der Waals surface area contributed by atoms with Crippen molar-refractivity contribution >= 4 is 23.4 Å². The molecule has 2 aromatic carbocycles. The lowest BCUT2D eigenvalue weighted by molar-refractivity contribution is -0.384. The van der Waals surface area contributed by atoms with Crippen LogP contribution in [-0.2, 0) is 16.0 Å². The number of hydrogen-bond donors (Lipinski definition) is 2. The number of nitro benzene ring substituents is 1. The highest BCUT2D eigenvalue weighted by molar-refractivity contribution is 5.96. The van der Waals surface area contributed by atoms with E-state index in [-0.39, 0.29) is 12.2 Å². The number of carbonyl (C=O) groups excluding carboxylic acids is 2. The van der Waals surface area contributed by atoms with Crippen LogP contribution in [0.15, 0.2) is 48.5 Å². The third kappa shape index (κ3) is 5.15. The SMILES string of the molecule is CC[C@@H](O)C(Cc1ccccc1)NC(=O)C1CN(c2cc([N+](=O)[O-])ccc2F)C(=O)O1. The molecule has 1 aliphatic rings. The summed E-state index contributed by atoms with van der Waals surface area (Å²) in [4.78, 5) is 36.0. The zero-order valence-corrected chi connectivity index (χ0v) is 16.7. The van der Waals surface area contributed by atoms with Crippen molar-refractivity contribution in [2.45, 2.75) is 38.0 Å². The van der Waals surface area contributed by atoms with Crippen LogP contribution in [0.1, 0.15) is 18.9 Å². The van der Waals surface area contributed by atoms with Gasteiger partial charge in [0.1, 0.15) is 5.82 Å². The molecule has 0 radical (unpaired) electrons. The normalized spacial score (nSPS) is 17.7.